The lowest BCUT2D eigenvalue weighted by Gasteiger charge is -2.30. The molecule has 18 heavy (non-hydrogen) atoms. The Morgan fingerprint density at radius 3 is 2.22 bits per heavy atom. The van der Waals surface area contributed by atoms with Crippen LogP contribution in [0.1, 0.15) is 25.0 Å². The van der Waals surface area contributed by atoms with Gasteiger partial charge in [0.2, 0.25) is 0 Å². The highest BCUT2D eigenvalue weighted by molar-refractivity contribution is 9.11. The second kappa shape index (κ2) is 5.59. The van der Waals surface area contributed by atoms with Crippen LogP contribution in [-0.2, 0) is 9.84 Å². The predicted molar refractivity (Wildman–Crippen MR) is 74.7 cm³/mol. The van der Waals surface area contributed by atoms with Crippen LogP contribution in [0.25, 0.3) is 0 Å². The van der Waals surface area contributed by atoms with Crippen LogP contribution in [0.2, 0.25) is 0 Å². The number of aliphatic hydroxyl groups is 1. The van der Waals surface area contributed by atoms with Crippen molar-refractivity contribution in [3.05, 3.63) is 29.8 Å². The molecule has 0 fully saturated rings. The van der Waals surface area contributed by atoms with Gasteiger partial charge in [0.15, 0.2) is 13.5 Å². The van der Waals surface area contributed by atoms with Crippen molar-refractivity contribution < 1.29 is 18.3 Å². The van der Waals surface area contributed by atoms with E-state index in [1.54, 1.807) is 38.3 Å². The Balaban J connectivity index is 3.15. The van der Waals surface area contributed by atoms with Gasteiger partial charge in [0.05, 0.1) is 7.11 Å². The van der Waals surface area contributed by atoms with E-state index in [2.05, 4.69) is 15.9 Å². The highest BCUT2D eigenvalue weighted by Gasteiger charge is 2.44. The fourth-order valence-electron chi connectivity index (χ4n) is 1.69. The molecule has 0 aliphatic rings. The van der Waals surface area contributed by atoms with Gasteiger partial charge in [-0.25, -0.2) is 8.42 Å². The van der Waals surface area contributed by atoms with Crippen molar-refractivity contribution in [2.45, 2.75) is 23.1 Å². The Labute approximate surface area is 116 Å². The first kappa shape index (κ1) is 15.5. The zero-order valence-corrected chi connectivity index (χ0v) is 13.0. The molecule has 0 aromatic heterocycles. The molecular weight excluding hydrogens is 320 g/mol. The summed E-state index contributed by atoms with van der Waals surface area (Å²) in [5.41, 5.74) is 0.528. The molecule has 6 heteroatoms. The van der Waals surface area contributed by atoms with Gasteiger partial charge in [-0.2, -0.15) is 0 Å². The van der Waals surface area contributed by atoms with Crippen molar-refractivity contribution in [3.8, 4) is 5.75 Å². The SMILES string of the molecule is CC[C@@](Br)([C@@H](O)c1ccc(OC)cc1)S(C)(=O)=O. The molecular formula is C12H17BrO4S. The van der Waals surface area contributed by atoms with Crippen LogP contribution >= 0.6 is 15.9 Å². The molecule has 0 unspecified atom stereocenters. The van der Waals surface area contributed by atoms with Crippen molar-refractivity contribution in [2.24, 2.45) is 0 Å². The molecule has 0 aliphatic carbocycles. The van der Waals surface area contributed by atoms with Gasteiger partial charge in [-0.15, -0.1) is 0 Å². The van der Waals surface area contributed by atoms with Crippen LogP contribution in [0, 0.1) is 0 Å². The zero-order valence-electron chi connectivity index (χ0n) is 10.6. The smallest absolute Gasteiger partial charge is 0.166 e. The summed E-state index contributed by atoms with van der Waals surface area (Å²) in [4.78, 5) is 0. The highest BCUT2D eigenvalue weighted by atomic mass is 79.9. The van der Waals surface area contributed by atoms with Gasteiger partial charge in [-0.3, -0.25) is 0 Å². The molecule has 102 valence electrons. The molecule has 0 radical (unpaired) electrons. The molecule has 1 aromatic rings. The second-order valence-corrected chi connectivity index (χ2v) is 8.30. The fraction of sp³-hybridized carbons (Fsp3) is 0.500. The standard InChI is InChI=1S/C12H17BrO4S/c1-4-12(13,18(3,15)16)11(14)9-5-7-10(17-2)8-6-9/h5-8,11,14H,4H2,1-3H3/t11-,12-/m0/s1. The molecule has 0 amide bonds. The Morgan fingerprint density at radius 2 is 1.89 bits per heavy atom. The number of alkyl halides is 1. The number of ether oxygens (including phenoxy) is 1. The van der Waals surface area contributed by atoms with Gasteiger partial charge >= 0.3 is 0 Å². The summed E-state index contributed by atoms with van der Waals surface area (Å²) in [5.74, 6) is 0.655. The van der Waals surface area contributed by atoms with Crippen LogP contribution in [0.15, 0.2) is 24.3 Å². The van der Waals surface area contributed by atoms with Crippen molar-refractivity contribution in [1.82, 2.24) is 0 Å². The van der Waals surface area contributed by atoms with E-state index in [-0.39, 0.29) is 6.42 Å². The number of hydrogen-bond donors (Lipinski definition) is 1. The number of rotatable bonds is 5. The Morgan fingerprint density at radius 1 is 1.39 bits per heavy atom. The summed E-state index contributed by atoms with van der Waals surface area (Å²) in [6.07, 6.45) is 0.236. The largest absolute Gasteiger partial charge is 0.497 e. The third kappa shape index (κ3) is 2.87. The van der Waals surface area contributed by atoms with Crippen molar-refractivity contribution in [1.29, 1.82) is 0 Å². The molecule has 0 aliphatic heterocycles. The first-order valence-electron chi connectivity index (χ1n) is 5.46. The topological polar surface area (TPSA) is 63.6 Å². The number of sulfone groups is 1. The molecule has 0 bridgehead atoms. The molecule has 0 saturated heterocycles. The van der Waals surface area contributed by atoms with Crippen LogP contribution in [0.5, 0.6) is 5.75 Å². The summed E-state index contributed by atoms with van der Waals surface area (Å²) >= 11 is 3.17. The Bertz CT molecular complexity index is 497. The minimum atomic E-state index is -3.44. The maximum atomic E-state index is 11.8. The summed E-state index contributed by atoms with van der Waals surface area (Å²) in [5, 5.41) is 10.3. The van der Waals surface area contributed by atoms with E-state index in [4.69, 9.17) is 4.74 Å². The van der Waals surface area contributed by atoms with E-state index in [1.807, 2.05) is 0 Å². The molecule has 0 saturated carbocycles. The number of hydrogen-bond acceptors (Lipinski definition) is 4. The molecule has 1 rings (SSSR count). The average molecular weight is 337 g/mol. The normalized spacial score (nSPS) is 16.9. The van der Waals surface area contributed by atoms with E-state index in [0.717, 1.165) is 6.26 Å². The summed E-state index contributed by atoms with van der Waals surface area (Å²) in [7, 11) is -1.90. The molecule has 1 N–H and O–H groups in total. The van der Waals surface area contributed by atoms with Gasteiger partial charge < -0.3 is 9.84 Å². The first-order chi connectivity index (χ1) is 8.26. The number of methoxy groups -OCH3 is 1. The van der Waals surface area contributed by atoms with Crippen molar-refractivity contribution >= 4 is 25.8 Å². The molecule has 1 aromatic carbocycles. The predicted octanol–water partition coefficient (Wildman–Crippen LogP) is 2.27. The second-order valence-electron chi connectivity index (χ2n) is 4.09. The third-order valence-corrected chi connectivity index (χ3v) is 7.44. The van der Waals surface area contributed by atoms with E-state index in [9.17, 15) is 13.5 Å². The summed E-state index contributed by atoms with van der Waals surface area (Å²) in [6.45, 7) is 1.71. The summed E-state index contributed by atoms with van der Waals surface area (Å²) in [6, 6.07) is 6.68. The van der Waals surface area contributed by atoms with E-state index in [0.29, 0.717) is 11.3 Å². The lowest BCUT2D eigenvalue weighted by atomic mass is 10.0. The highest BCUT2D eigenvalue weighted by Crippen LogP contribution is 2.41. The van der Waals surface area contributed by atoms with E-state index < -0.39 is 19.6 Å². The van der Waals surface area contributed by atoms with E-state index >= 15 is 0 Å². The van der Waals surface area contributed by atoms with Crippen LogP contribution < -0.4 is 4.74 Å². The number of benzene rings is 1. The Hall–Kier alpha value is -0.590. The third-order valence-electron chi connectivity index (χ3n) is 2.94. The van der Waals surface area contributed by atoms with Crippen LogP contribution in [0.3, 0.4) is 0 Å². The van der Waals surface area contributed by atoms with E-state index in [1.165, 1.54) is 0 Å². The van der Waals surface area contributed by atoms with Gasteiger partial charge in [-0.1, -0.05) is 35.0 Å². The average Bonchev–Trinajstić information content (AvgIpc) is 2.35. The van der Waals surface area contributed by atoms with Crippen LogP contribution in [0.4, 0.5) is 0 Å². The molecule has 0 spiro atoms. The van der Waals surface area contributed by atoms with Crippen molar-refractivity contribution in [3.63, 3.8) is 0 Å². The van der Waals surface area contributed by atoms with Gasteiger partial charge in [0.25, 0.3) is 0 Å². The number of aliphatic hydroxyl groups excluding tert-OH is 1. The Kier molecular flexibility index (Phi) is 4.80. The monoisotopic (exact) mass is 336 g/mol. The van der Waals surface area contributed by atoms with Gasteiger partial charge in [-0.05, 0) is 24.1 Å². The summed E-state index contributed by atoms with van der Waals surface area (Å²) < 4.78 is 27.2. The maximum Gasteiger partial charge on any atom is 0.166 e. The van der Waals surface area contributed by atoms with Crippen molar-refractivity contribution in [2.75, 3.05) is 13.4 Å². The minimum absolute atomic E-state index is 0.263. The fourth-order valence-corrected chi connectivity index (χ4v) is 3.02. The molecule has 4 nitrogen and oxygen atoms in total. The maximum absolute atomic E-state index is 11.8. The first-order valence-corrected chi connectivity index (χ1v) is 8.15. The van der Waals surface area contributed by atoms with Crippen LogP contribution in [-0.4, -0.2) is 30.5 Å². The number of halogens is 1. The zero-order chi connectivity index (χ0) is 14.0. The lowest BCUT2D eigenvalue weighted by molar-refractivity contribution is 0.160. The molecule has 0 heterocycles. The molecule has 2 atom stereocenters. The lowest BCUT2D eigenvalue weighted by Crippen LogP contribution is -2.37. The quantitative estimate of drug-likeness (QED) is 0.838. The van der Waals surface area contributed by atoms with Gasteiger partial charge in [0.1, 0.15) is 11.9 Å². The minimum Gasteiger partial charge on any atom is -0.497 e. The van der Waals surface area contributed by atoms with Gasteiger partial charge in [0, 0.05) is 6.26 Å².